The Morgan fingerprint density at radius 3 is 2.64 bits per heavy atom. The van der Waals surface area contributed by atoms with Gasteiger partial charge in [0.25, 0.3) is 0 Å². The van der Waals surface area contributed by atoms with Crippen molar-refractivity contribution in [2.24, 2.45) is 5.73 Å². The fraction of sp³-hybridized carbons (Fsp3) is 0.700. The van der Waals surface area contributed by atoms with Crippen molar-refractivity contribution in [2.75, 3.05) is 4.90 Å². The standard InChI is InChI=1S/C10H16N4/c11-7-5-8-1-2-9(6-7)14(8)10-3-4-12-13-10/h3-4,7-9H,1-2,5-6,11H2,(H,12,13). The van der Waals surface area contributed by atoms with Gasteiger partial charge < -0.3 is 10.6 Å². The highest BCUT2D eigenvalue weighted by Crippen LogP contribution is 2.37. The van der Waals surface area contributed by atoms with E-state index < -0.39 is 0 Å². The number of rotatable bonds is 1. The van der Waals surface area contributed by atoms with E-state index in [-0.39, 0.29) is 0 Å². The van der Waals surface area contributed by atoms with Gasteiger partial charge in [0.1, 0.15) is 5.82 Å². The minimum Gasteiger partial charge on any atom is -0.351 e. The molecule has 0 aliphatic carbocycles. The minimum atomic E-state index is 0.409. The predicted octanol–water partition coefficient (Wildman–Crippen LogP) is 0.868. The Labute approximate surface area is 83.5 Å². The van der Waals surface area contributed by atoms with Crippen LogP contribution in [0.2, 0.25) is 0 Å². The van der Waals surface area contributed by atoms with Crippen molar-refractivity contribution < 1.29 is 0 Å². The van der Waals surface area contributed by atoms with Crippen LogP contribution in [-0.2, 0) is 0 Å². The molecule has 2 saturated heterocycles. The Morgan fingerprint density at radius 1 is 1.36 bits per heavy atom. The van der Waals surface area contributed by atoms with Crippen molar-refractivity contribution in [3.8, 4) is 0 Å². The Balaban J connectivity index is 1.88. The van der Waals surface area contributed by atoms with E-state index in [1.54, 1.807) is 0 Å². The van der Waals surface area contributed by atoms with Gasteiger partial charge in [-0.15, -0.1) is 0 Å². The van der Waals surface area contributed by atoms with Crippen LogP contribution in [0.3, 0.4) is 0 Å². The molecule has 0 amide bonds. The topological polar surface area (TPSA) is 57.9 Å². The van der Waals surface area contributed by atoms with E-state index >= 15 is 0 Å². The highest BCUT2D eigenvalue weighted by atomic mass is 15.3. The maximum absolute atomic E-state index is 6.02. The molecule has 2 aliphatic heterocycles. The summed E-state index contributed by atoms with van der Waals surface area (Å²) in [5.74, 6) is 1.17. The van der Waals surface area contributed by atoms with Crippen LogP contribution < -0.4 is 10.6 Å². The molecule has 3 N–H and O–H groups in total. The zero-order chi connectivity index (χ0) is 9.54. The molecular weight excluding hydrogens is 176 g/mol. The van der Waals surface area contributed by atoms with E-state index in [0.717, 1.165) is 12.8 Å². The number of anilines is 1. The summed E-state index contributed by atoms with van der Waals surface area (Å²) in [6, 6.07) is 3.75. The molecule has 3 rings (SSSR count). The first kappa shape index (κ1) is 8.29. The summed E-state index contributed by atoms with van der Waals surface area (Å²) >= 11 is 0. The molecule has 14 heavy (non-hydrogen) atoms. The van der Waals surface area contributed by atoms with E-state index in [1.165, 1.54) is 18.7 Å². The number of hydrogen-bond acceptors (Lipinski definition) is 3. The Hall–Kier alpha value is -1.03. The predicted molar refractivity (Wildman–Crippen MR) is 55.1 cm³/mol. The van der Waals surface area contributed by atoms with E-state index in [4.69, 9.17) is 5.73 Å². The molecule has 2 unspecified atom stereocenters. The molecule has 0 aromatic carbocycles. The lowest BCUT2D eigenvalue weighted by molar-refractivity contribution is 0.412. The van der Waals surface area contributed by atoms with Gasteiger partial charge in [0.15, 0.2) is 0 Å². The third kappa shape index (κ3) is 1.14. The maximum atomic E-state index is 6.02. The van der Waals surface area contributed by atoms with Gasteiger partial charge in [0.2, 0.25) is 0 Å². The van der Waals surface area contributed by atoms with Gasteiger partial charge in [-0.25, -0.2) is 0 Å². The summed E-state index contributed by atoms with van der Waals surface area (Å²) in [5.41, 5.74) is 6.02. The fourth-order valence-corrected chi connectivity index (χ4v) is 3.00. The lowest BCUT2D eigenvalue weighted by atomic mass is 9.98. The average molecular weight is 192 g/mol. The van der Waals surface area contributed by atoms with Gasteiger partial charge in [-0.2, -0.15) is 5.10 Å². The number of hydrogen-bond donors (Lipinski definition) is 2. The SMILES string of the molecule is NC1CC2CCC(C1)N2c1ccn[nH]1. The number of fused-ring (bicyclic) bond motifs is 2. The van der Waals surface area contributed by atoms with Crippen molar-refractivity contribution in [3.63, 3.8) is 0 Å². The van der Waals surface area contributed by atoms with Crippen molar-refractivity contribution >= 4 is 5.82 Å². The molecule has 2 fully saturated rings. The molecule has 2 aliphatic rings. The molecule has 1 aromatic heterocycles. The molecule has 0 radical (unpaired) electrons. The maximum Gasteiger partial charge on any atom is 0.124 e. The zero-order valence-electron chi connectivity index (χ0n) is 8.19. The molecule has 4 nitrogen and oxygen atoms in total. The van der Waals surface area contributed by atoms with Gasteiger partial charge in [0, 0.05) is 24.2 Å². The van der Waals surface area contributed by atoms with Crippen molar-refractivity contribution in [1.82, 2.24) is 10.2 Å². The lowest BCUT2D eigenvalue weighted by Gasteiger charge is -2.38. The van der Waals surface area contributed by atoms with Crippen LogP contribution in [0.5, 0.6) is 0 Å². The summed E-state index contributed by atoms with van der Waals surface area (Å²) in [4.78, 5) is 2.48. The molecule has 2 atom stereocenters. The van der Waals surface area contributed by atoms with Gasteiger partial charge in [0.05, 0.1) is 6.20 Å². The summed E-state index contributed by atoms with van der Waals surface area (Å²) in [6.07, 6.45) is 6.67. The molecule has 4 heteroatoms. The van der Waals surface area contributed by atoms with Crippen LogP contribution in [0.15, 0.2) is 12.3 Å². The van der Waals surface area contributed by atoms with Gasteiger partial charge >= 0.3 is 0 Å². The minimum absolute atomic E-state index is 0.409. The van der Waals surface area contributed by atoms with Crippen molar-refractivity contribution in [2.45, 2.75) is 43.8 Å². The average Bonchev–Trinajstić information content (AvgIpc) is 2.72. The van der Waals surface area contributed by atoms with Gasteiger partial charge in [-0.1, -0.05) is 0 Å². The number of aromatic nitrogens is 2. The van der Waals surface area contributed by atoms with Gasteiger partial charge in [-0.05, 0) is 25.7 Å². The van der Waals surface area contributed by atoms with Crippen LogP contribution in [0.1, 0.15) is 25.7 Å². The molecule has 2 bridgehead atoms. The first-order valence-electron chi connectivity index (χ1n) is 5.38. The summed E-state index contributed by atoms with van der Waals surface area (Å²) in [6.45, 7) is 0. The van der Waals surface area contributed by atoms with Crippen LogP contribution in [0.4, 0.5) is 5.82 Å². The van der Waals surface area contributed by atoms with E-state index in [9.17, 15) is 0 Å². The molecular formula is C10H16N4. The Bertz CT molecular complexity index is 294. The number of H-pyrrole nitrogens is 1. The molecule has 0 saturated carbocycles. The first-order chi connectivity index (χ1) is 6.84. The summed E-state index contributed by atoms with van der Waals surface area (Å²) in [5, 5.41) is 7.07. The van der Waals surface area contributed by atoms with Crippen LogP contribution >= 0.6 is 0 Å². The summed E-state index contributed by atoms with van der Waals surface area (Å²) in [7, 11) is 0. The third-order valence-electron chi connectivity index (χ3n) is 3.53. The third-order valence-corrected chi connectivity index (χ3v) is 3.53. The molecule has 1 aromatic rings. The number of nitrogens with two attached hydrogens (primary N) is 1. The molecule has 0 spiro atoms. The monoisotopic (exact) mass is 192 g/mol. The molecule has 3 heterocycles. The van der Waals surface area contributed by atoms with Crippen molar-refractivity contribution in [3.05, 3.63) is 12.3 Å². The molecule has 76 valence electrons. The Morgan fingerprint density at radius 2 is 2.07 bits per heavy atom. The lowest BCUT2D eigenvalue weighted by Crippen LogP contribution is -2.47. The number of aromatic amines is 1. The Kier molecular flexibility index (Phi) is 1.77. The normalized spacial score (nSPS) is 36.4. The largest absolute Gasteiger partial charge is 0.351 e. The number of nitrogens with one attached hydrogen (secondary N) is 1. The summed E-state index contributed by atoms with van der Waals surface area (Å²) < 4.78 is 0. The zero-order valence-corrected chi connectivity index (χ0v) is 8.19. The fourth-order valence-electron chi connectivity index (χ4n) is 3.00. The van der Waals surface area contributed by atoms with Gasteiger partial charge in [-0.3, -0.25) is 5.10 Å². The highest BCUT2D eigenvalue weighted by molar-refractivity contribution is 5.42. The smallest absolute Gasteiger partial charge is 0.124 e. The van der Waals surface area contributed by atoms with E-state index in [1.807, 2.05) is 6.20 Å². The second kappa shape index (κ2) is 2.98. The van der Waals surface area contributed by atoms with Crippen LogP contribution in [0.25, 0.3) is 0 Å². The highest BCUT2D eigenvalue weighted by Gasteiger charge is 2.39. The second-order valence-electron chi connectivity index (χ2n) is 4.47. The van der Waals surface area contributed by atoms with E-state index in [2.05, 4.69) is 21.2 Å². The first-order valence-corrected chi connectivity index (χ1v) is 5.38. The quantitative estimate of drug-likeness (QED) is 0.694. The van der Waals surface area contributed by atoms with Crippen LogP contribution in [-0.4, -0.2) is 28.3 Å². The number of nitrogens with zero attached hydrogens (tertiary/aromatic N) is 2. The van der Waals surface area contributed by atoms with Crippen molar-refractivity contribution in [1.29, 1.82) is 0 Å². The second-order valence-corrected chi connectivity index (χ2v) is 4.47. The number of piperidine rings is 1. The van der Waals surface area contributed by atoms with E-state index in [0.29, 0.717) is 18.1 Å². The van der Waals surface area contributed by atoms with Crippen LogP contribution in [0, 0.1) is 0 Å².